The summed E-state index contributed by atoms with van der Waals surface area (Å²) in [6, 6.07) is 0.633. The Balaban J connectivity index is 1.51. The Bertz CT molecular complexity index is 412. The number of ether oxygens (including phenoxy) is 1. The van der Waals surface area contributed by atoms with Crippen molar-refractivity contribution in [3.8, 4) is 0 Å². The van der Waals surface area contributed by atoms with E-state index in [1.54, 1.807) is 0 Å². The topological polar surface area (TPSA) is 39.1 Å². The van der Waals surface area contributed by atoms with E-state index in [9.17, 15) is 0 Å². The van der Waals surface area contributed by atoms with E-state index in [1.807, 2.05) is 10.9 Å². The first-order valence-corrected chi connectivity index (χ1v) is 8.24. The zero-order valence-electron chi connectivity index (χ0n) is 12.6. The first-order chi connectivity index (χ1) is 9.83. The van der Waals surface area contributed by atoms with Crippen molar-refractivity contribution in [3.63, 3.8) is 0 Å². The first-order valence-electron chi connectivity index (χ1n) is 8.24. The SMILES string of the molecule is CCC1CCCC(Nc2cnn(CC3CCCO3)c2)C1. The molecular weight excluding hydrogens is 250 g/mol. The molecule has 1 N–H and O–H groups in total. The Morgan fingerprint density at radius 2 is 2.30 bits per heavy atom. The quantitative estimate of drug-likeness (QED) is 0.896. The highest BCUT2D eigenvalue weighted by Crippen LogP contribution is 2.28. The van der Waals surface area contributed by atoms with Crippen LogP contribution in [-0.2, 0) is 11.3 Å². The standard InChI is InChI=1S/C16H27N3O/c1-2-13-5-3-6-14(9-13)18-15-10-17-19(11-15)12-16-7-4-8-20-16/h10-11,13-14,16,18H,2-9,12H2,1H3. The lowest BCUT2D eigenvalue weighted by molar-refractivity contribution is 0.0940. The molecule has 3 unspecified atom stereocenters. The molecule has 1 saturated heterocycles. The molecular formula is C16H27N3O. The fourth-order valence-corrected chi connectivity index (χ4v) is 3.56. The van der Waals surface area contributed by atoms with Gasteiger partial charge in [-0.3, -0.25) is 4.68 Å². The van der Waals surface area contributed by atoms with Gasteiger partial charge in [-0.25, -0.2) is 0 Å². The summed E-state index contributed by atoms with van der Waals surface area (Å²) >= 11 is 0. The van der Waals surface area contributed by atoms with Gasteiger partial charge >= 0.3 is 0 Å². The average molecular weight is 277 g/mol. The van der Waals surface area contributed by atoms with Gasteiger partial charge in [0.05, 0.1) is 24.5 Å². The molecule has 4 heteroatoms. The highest BCUT2D eigenvalue weighted by molar-refractivity contribution is 5.39. The summed E-state index contributed by atoms with van der Waals surface area (Å²) in [4.78, 5) is 0. The Labute approximate surface area is 121 Å². The third kappa shape index (κ3) is 3.54. The van der Waals surface area contributed by atoms with Gasteiger partial charge in [-0.1, -0.05) is 26.2 Å². The highest BCUT2D eigenvalue weighted by Gasteiger charge is 2.21. The predicted octanol–water partition coefficient (Wildman–Crippen LogP) is 3.44. The van der Waals surface area contributed by atoms with E-state index in [0.29, 0.717) is 12.1 Å². The second-order valence-electron chi connectivity index (χ2n) is 6.37. The van der Waals surface area contributed by atoms with Crippen LogP contribution in [0.5, 0.6) is 0 Å². The Morgan fingerprint density at radius 1 is 1.35 bits per heavy atom. The van der Waals surface area contributed by atoms with E-state index in [4.69, 9.17) is 4.74 Å². The normalized spacial score (nSPS) is 30.6. The number of hydrogen-bond donors (Lipinski definition) is 1. The maximum Gasteiger partial charge on any atom is 0.0771 e. The van der Waals surface area contributed by atoms with E-state index < -0.39 is 0 Å². The maximum absolute atomic E-state index is 5.66. The van der Waals surface area contributed by atoms with Gasteiger partial charge in [0.1, 0.15) is 0 Å². The van der Waals surface area contributed by atoms with Crippen molar-refractivity contribution < 1.29 is 4.74 Å². The van der Waals surface area contributed by atoms with Gasteiger partial charge in [0.2, 0.25) is 0 Å². The van der Waals surface area contributed by atoms with E-state index in [2.05, 4.69) is 23.5 Å². The van der Waals surface area contributed by atoms with E-state index >= 15 is 0 Å². The number of anilines is 1. The Morgan fingerprint density at radius 3 is 3.10 bits per heavy atom. The van der Waals surface area contributed by atoms with E-state index in [1.165, 1.54) is 50.6 Å². The van der Waals surface area contributed by atoms with Crippen LogP contribution in [0.3, 0.4) is 0 Å². The fourth-order valence-electron chi connectivity index (χ4n) is 3.56. The molecule has 2 heterocycles. The van der Waals surface area contributed by atoms with E-state index in [0.717, 1.165) is 19.1 Å². The molecule has 0 bridgehead atoms. The fraction of sp³-hybridized carbons (Fsp3) is 0.812. The van der Waals surface area contributed by atoms with Gasteiger partial charge in [0.15, 0.2) is 0 Å². The van der Waals surface area contributed by atoms with Crippen LogP contribution in [0.25, 0.3) is 0 Å². The molecule has 0 radical (unpaired) electrons. The molecule has 1 aliphatic heterocycles. The lowest BCUT2D eigenvalue weighted by Gasteiger charge is -2.29. The minimum absolute atomic E-state index is 0.363. The maximum atomic E-state index is 5.66. The summed E-state index contributed by atoms with van der Waals surface area (Å²) in [7, 11) is 0. The molecule has 1 aliphatic carbocycles. The summed E-state index contributed by atoms with van der Waals surface area (Å²) in [5.41, 5.74) is 1.17. The lowest BCUT2D eigenvalue weighted by atomic mass is 9.84. The summed E-state index contributed by atoms with van der Waals surface area (Å²) < 4.78 is 7.69. The molecule has 2 aliphatic rings. The van der Waals surface area contributed by atoms with Crippen LogP contribution in [0.1, 0.15) is 51.9 Å². The summed E-state index contributed by atoms with van der Waals surface area (Å²) in [5.74, 6) is 0.906. The molecule has 0 amide bonds. The van der Waals surface area contributed by atoms with Gasteiger partial charge in [0, 0.05) is 18.8 Å². The smallest absolute Gasteiger partial charge is 0.0771 e. The Hall–Kier alpha value is -1.03. The molecule has 20 heavy (non-hydrogen) atoms. The summed E-state index contributed by atoms with van der Waals surface area (Å²) in [6.45, 7) is 4.12. The second-order valence-corrected chi connectivity index (χ2v) is 6.37. The van der Waals surface area contributed by atoms with Gasteiger partial charge in [-0.15, -0.1) is 0 Å². The van der Waals surface area contributed by atoms with Crippen LogP contribution in [0.4, 0.5) is 5.69 Å². The minimum atomic E-state index is 0.363. The van der Waals surface area contributed by atoms with Crippen molar-refractivity contribution in [2.24, 2.45) is 5.92 Å². The van der Waals surface area contributed by atoms with Crippen molar-refractivity contribution >= 4 is 5.69 Å². The predicted molar refractivity (Wildman–Crippen MR) is 80.9 cm³/mol. The first kappa shape index (κ1) is 13.9. The van der Waals surface area contributed by atoms with Crippen LogP contribution >= 0.6 is 0 Å². The molecule has 2 fully saturated rings. The molecule has 3 atom stereocenters. The third-order valence-corrected chi connectivity index (χ3v) is 4.78. The molecule has 1 aromatic rings. The molecule has 3 rings (SSSR count). The lowest BCUT2D eigenvalue weighted by Crippen LogP contribution is -2.26. The zero-order valence-corrected chi connectivity index (χ0v) is 12.6. The van der Waals surface area contributed by atoms with Crippen LogP contribution in [0, 0.1) is 5.92 Å². The number of rotatable bonds is 5. The molecule has 1 saturated carbocycles. The van der Waals surface area contributed by atoms with Crippen molar-refractivity contribution in [2.75, 3.05) is 11.9 Å². The molecule has 112 valence electrons. The largest absolute Gasteiger partial charge is 0.380 e. The van der Waals surface area contributed by atoms with Gasteiger partial charge < -0.3 is 10.1 Å². The second kappa shape index (κ2) is 6.61. The minimum Gasteiger partial charge on any atom is -0.380 e. The van der Waals surface area contributed by atoms with Crippen molar-refractivity contribution in [2.45, 2.75) is 70.6 Å². The van der Waals surface area contributed by atoms with Crippen LogP contribution < -0.4 is 5.32 Å². The Kier molecular flexibility index (Phi) is 4.61. The van der Waals surface area contributed by atoms with Crippen LogP contribution in [-0.4, -0.2) is 28.5 Å². The van der Waals surface area contributed by atoms with Crippen LogP contribution in [0.2, 0.25) is 0 Å². The van der Waals surface area contributed by atoms with Crippen molar-refractivity contribution in [3.05, 3.63) is 12.4 Å². The molecule has 0 spiro atoms. The molecule has 0 aromatic carbocycles. The zero-order chi connectivity index (χ0) is 13.8. The number of nitrogens with zero attached hydrogens (tertiary/aromatic N) is 2. The number of nitrogens with one attached hydrogen (secondary N) is 1. The van der Waals surface area contributed by atoms with Gasteiger partial charge in [0.25, 0.3) is 0 Å². The van der Waals surface area contributed by atoms with Crippen molar-refractivity contribution in [1.82, 2.24) is 9.78 Å². The third-order valence-electron chi connectivity index (χ3n) is 4.78. The number of aromatic nitrogens is 2. The summed E-state index contributed by atoms with van der Waals surface area (Å²) in [5, 5.41) is 8.12. The molecule has 4 nitrogen and oxygen atoms in total. The molecule has 1 aromatic heterocycles. The summed E-state index contributed by atoms with van der Waals surface area (Å²) in [6.07, 6.45) is 13.5. The van der Waals surface area contributed by atoms with Gasteiger partial charge in [-0.05, 0) is 31.6 Å². The van der Waals surface area contributed by atoms with Gasteiger partial charge in [-0.2, -0.15) is 5.10 Å². The van der Waals surface area contributed by atoms with Crippen LogP contribution in [0.15, 0.2) is 12.4 Å². The highest BCUT2D eigenvalue weighted by atomic mass is 16.5. The van der Waals surface area contributed by atoms with Crippen molar-refractivity contribution in [1.29, 1.82) is 0 Å². The average Bonchev–Trinajstić information content (AvgIpc) is 3.12. The monoisotopic (exact) mass is 277 g/mol. The van der Waals surface area contributed by atoms with E-state index in [-0.39, 0.29) is 0 Å². The number of hydrogen-bond acceptors (Lipinski definition) is 3.